The molecule has 1 aromatic carbocycles. The number of hydrogen-bond donors (Lipinski definition) is 0. The monoisotopic (exact) mass is 365 g/mol. The molecular formula is C20H15NO6. The number of ether oxygens (including phenoxy) is 3. The fraction of sp³-hybridized carbons (Fsp3) is 0.350. The van der Waals surface area contributed by atoms with E-state index in [0.29, 0.717) is 11.4 Å². The molecule has 5 aliphatic heterocycles. The van der Waals surface area contributed by atoms with Gasteiger partial charge in [0.2, 0.25) is 11.8 Å². The second-order valence-electron chi connectivity index (χ2n) is 7.50. The number of anilines is 1. The Labute approximate surface area is 154 Å². The van der Waals surface area contributed by atoms with Gasteiger partial charge in [-0.3, -0.25) is 14.4 Å². The molecule has 5 heterocycles. The molecule has 3 saturated heterocycles. The van der Waals surface area contributed by atoms with Crippen molar-refractivity contribution in [1.29, 1.82) is 0 Å². The lowest BCUT2D eigenvalue weighted by Crippen LogP contribution is -2.56. The highest BCUT2D eigenvalue weighted by atomic mass is 16.6. The Morgan fingerprint density at radius 2 is 1.33 bits per heavy atom. The highest BCUT2D eigenvalue weighted by molar-refractivity contribution is 6.27. The summed E-state index contributed by atoms with van der Waals surface area (Å²) in [5.41, 5.74) is -1.63. The van der Waals surface area contributed by atoms with Gasteiger partial charge in [-0.15, -0.1) is 0 Å². The van der Waals surface area contributed by atoms with Crippen LogP contribution in [0.3, 0.4) is 0 Å². The quantitative estimate of drug-likeness (QED) is 0.338. The van der Waals surface area contributed by atoms with Crippen molar-refractivity contribution < 1.29 is 28.6 Å². The van der Waals surface area contributed by atoms with Gasteiger partial charge in [0.25, 0.3) is 0 Å². The summed E-state index contributed by atoms with van der Waals surface area (Å²) in [5.74, 6) is -0.655. The van der Waals surface area contributed by atoms with E-state index in [1.807, 2.05) is 24.3 Å². The van der Waals surface area contributed by atoms with Gasteiger partial charge in [0.05, 0.1) is 30.1 Å². The maximum Gasteiger partial charge on any atom is 0.308 e. The highest BCUT2D eigenvalue weighted by Gasteiger charge is 2.89. The van der Waals surface area contributed by atoms with E-state index in [-0.39, 0.29) is 11.8 Å². The minimum absolute atomic E-state index is 0.290. The fourth-order valence-corrected chi connectivity index (χ4v) is 5.57. The molecule has 2 unspecified atom stereocenters. The van der Waals surface area contributed by atoms with Gasteiger partial charge in [-0.25, -0.2) is 4.90 Å². The van der Waals surface area contributed by atoms with Crippen molar-refractivity contribution in [3.63, 3.8) is 0 Å². The predicted molar refractivity (Wildman–Crippen MR) is 90.7 cm³/mol. The molecule has 0 spiro atoms. The molecule has 136 valence electrons. The number of imide groups is 1. The van der Waals surface area contributed by atoms with Crippen LogP contribution in [-0.2, 0) is 23.9 Å². The molecule has 2 amide bonds. The molecule has 0 radical (unpaired) electrons. The average molecular weight is 365 g/mol. The summed E-state index contributed by atoms with van der Waals surface area (Å²) < 4.78 is 17.0. The normalized spacial score (nSPS) is 42.2. The van der Waals surface area contributed by atoms with E-state index >= 15 is 0 Å². The van der Waals surface area contributed by atoms with Crippen molar-refractivity contribution in [1.82, 2.24) is 0 Å². The molecule has 0 aromatic heterocycles. The number of esters is 1. The SMILES string of the molecule is CC(=O)Oc1ccc(N2C(=O)C34[C@@H]5C=C[C@@H](O5)C3(C2=O)[C@@H]2C=C[C@H]4O2)cc1. The lowest BCUT2D eigenvalue weighted by atomic mass is 9.54. The molecule has 7 nitrogen and oxygen atoms in total. The molecule has 27 heavy (non-hydrogen) atoms. The molecular weight excluding hydrogens is 350 g/mol. The topological polar surface area (TPSA) is 82.1 Å². The van der Waals surface area contributed by atoms with Crippen molar-refractivity contribution in [2.75, 3.05) is 4.90 Å². The van der Waals surface area contributed by atoms with Crippen LogP contribution in [0.5, 0.6) is 5.75 Å². The summed E-state index contributed by atoms with van der Waals surface area (Å²) in [5, 5.41) is 0. The Morgan fingerprint density at radius 3 is 1.74 bits per heavy atom. The average Bonchev–Trinajstić information content (AvgIpc) is 3.42. The molecule has 4 bridgehead atoms. The van der Waals surface area contributed by atoms with Crippen LogP contribution in [0.1, 0.15) is 6.92 Å². The Morgan fingerprint density at radius 1 is 0.889 bits per heavy atom. The Bertz CT molecular complexity index is 903. The number of amides is 2. The van der Waals surface area contributed by atoms with E-state index in [0.717, 1.165) is 0 Å². The molecule has 6 rings (SSSR count). The van der Waals surface area contributed by atoms with Crippen LogP contribution in [0, 0.1) is 10.8 Å². The van der Waals surface area contributed by atoms with Crippen molar-refractivity contribution in [2.45, 2.75) is 31.3 Å². The lowest BCUT2D eigenvalue weighted by molar-refractivity contribution is -0.133. The molecule has 6 atom stereocenters. The third kappa shape index (κ3) is 1.41. The second-order valence-corrected chi connectivity index (χ2v) is 7.50. The summed E-state index contributed by atoms with van der Waals surface area (Å²) in [6.07, 6.45) is 5.62. The number of benzene rings is 1. The standard InChI is InChI=1S/C20H15NO6/c1-10(22)25-12-4-2-11(3-5-12)21-17(23)19-13-6-7-14(26-13)20(19,18(21)24)16-9-8-15(19)27-16/h2-9,13-16H,1H3/t13-,14+,15+,16-,19?,20?. The zero-order valence-corrected chi connectivity index (χ0v) is 14.3. The van der Waals surface area contributed by atoms with E-state index in [4.69, 9.17) is 14.2 Å². The highest BCUT2D eigenvalue weighted by Crippen LogP contribution is 2.72. The summed E-state index contributed by atoms with van der Waals surface area (Å²) >= 11 is 0. The molecule has 1 aromatic rings. The van der Waals surface area contributed by atoms with Crippen LogP contribution in [0.2, 0.25) is 0 Å². The van der Waals surface area contributed by atoms with E-state index in [2.05, 4.69) is 0 Å². The zero-order chi connectivity index (χ0) is 18.6. The zero-order valence-electron chi connectivity index (χ0n) is 14.3. The summed E-state index contributed by atoms with van der Waals surface area (Å²) in [4.78, 5) is 39.6. The number of nitrogens with zero attached hydrogens (tertiary/aromatic N) is 1. The van der Waals surface area contributed by atoms with Crippen LogP contribution in [0.25, 0.3) is 0 Å². The van der Waals surface area contributed by atoms with Crippen LogP contribution < -0.4 is 9.64 Å². The van der Waals surface area contributed by atoms with E-state index < -0.39 is 41.2 Å². The summed E-state index contributed by atoms with van der Waals surface area (Å²) in [6.45, 7) is 1.31. The third-order valence-corrected chi connectivity index (χ3v) is 6.46. The van der Waals surface area contributed by atoms with E-state index in [9.17, 15) is 14.4 Å². The summed E-state index contributed by atoms with van der Waals surface area (Å²) in [6, 6.07) is 6.38. The van der Waals surface area contributed by atoms with Crippen LogP contribution in [0.15, 0.2) is 48.6 Å². The largest absolute Gasteiger partial charge is 0.427 e. The third-order valence-electron chi connectivity index (χ3n) is 6.46. The lowest BCUT2D eigenvalue weighted by Gasteiger charge is -2.37. The predicted octanol–water partition coefficient (Wildman–Crippen LogP) is 1.13. The number of rotatable bonds is 2. The number of carbonyl (C=O) groups is 3. The van der Waals surface area contributed by atoms with Gasteiger partial charge in [-0.2, -0.15) is 0 Å². The van der Waals surface area contributed by atoms with Crippen molar-refractivity contribution in [3.05, 3.63) is 48.6 Å². The number of fused-ring (bicyclic) bond motifs is 4. The van der Waals surface area contributed by atoms with Crippen LogP contribution >= 0.6 is 0 Å². The Hall–Kier alpha value is -2.77. The molecule has 0 saturated carbocycles. The number of hydrogen-bond acceptors (Lipinski definition) is 6. The molecule has 0 N–H and O–H groups in total. The van der Waals surface area contributed by atoms with Crippen LogP contribution in [0.4, 0.5) is 5.69 Å². The van der Waals surface area contributed by atoms with Crippen molar-refractivity contribution in [3.8, 4) is 5.75 Å². The number of carbonyl (C=O) groups excluding carboxylic acids is 3. The van der Waals surface area contributed by atoms with Crippen molar-refractivity contribution >= 4 is 23.5 Å². The Kier molecular flexibility index (Phi) is 2.58. The van der Waals surface area contributed by atoms with Crippen LogP contribution in [-0.4, -0.2) is 42.2 Å². The minimum atomic E-state index is -1.04. The maximum atomic E-state index is 13.6. The van der Waals surface area contributed by atoms with Crippen molar-refractivity contribution in [2.24, 2.45) is 10.8 Å². The maximum absolute atomic E-state index is 13.6. The van der Waals surface area contributed by atoms with Gasteiger partial charge < -0.3 is 14.2 Å². The molecule has 7 heteroatoms. The van der Waals surface area contributed by atoms with E-state index in [1.165, 1.54) is 11.8 Å². The van der Waals surface area contributed by atoms with Gasteiger partial charge in [0.1, 0.15) is 16.6 Å². The smallest absolute Gasteiger partial charge is 0.308 e. The van der Waals surface area contributed by atoms with Gasteiger partial charge in [-0.05, 0) is 24.3 Å². The fourth-order valence-electron chi connectivity index (χ4n) is 5.57. The van der Waals surface area contributed by atoms with Gasteiger partial charge >= 0.3 is 5.97 Å². The minimum Gasteiger partial charge on any atom is -0.427 e. The first-order valence-corrected chi connectivity index (χ1v) is 8.86. The van der Waals surface area contributed by atoms with Gasteiger partial charge in [-0.1, -0.05) is 24.3 Å². The first-order chi connectivity index (χ1) is 13.0. The molecule has 0 aliphatic carbocycles. The van der Waals surface area contributed by atoms with Gasteiger partial charge in [0.15, 0.2) is 0 Å². The summed E-state index contributed by atoms with van der Waals surface area (Å²) in [7, 11) is 0. The first-order valence-electron chi connectivity index (χ1n) is 8.86. The van der Waals surface area contributed by atoms with E-state index in [1.54, 1.807) is 24.3 Å². The van der Waals surface area contributed by atoms with Gasteiger partial charge in [0, 0.05) is 6.92 Å². The first kappa shape index (κ1) is 15.3. The Balaban J connectivity index is 1.48. The molecule has 3 fully saturated rings. The second kappa shape index (κ2) is 4.55. The molecule has 5 aliphatic rings.